The first-order valence-electron chi connectivity index (χ1n) is 5.74. The predicted molar refractivity (Wildman–Crippen MR) is 62.4 cm³/mol. The minimum atomic E-state index is -2.98. The summed E-state index contributed by atoms with van der Waals surface area (Å²) >= 11 is 0. The van der Waals surface area contributed by atoms with Gasteiger partial charge in [0, 0.05) is 13.6 Å². The molecule has 0 aliphatic carbocycles. The number of aliphatic hydroxyl groups excluding tert-OH is 1. The summed E-state index contributed by atoms with van der Waals surface area (Å²) in [7, 11) is -2.98. The number of hydrogen-bond donors (Lipinski definition) is 1. The van der Waals surface area contributed by atoms with Crippen molar-refractivity contribution in [3.8, 4) is 0 Å². The maximum atomic E-state index is 13.5. The van der Waals surface area contributed by atoms with Crippen LogP contribution in [0.15, 0.2) is 0 Å². The molecule has 1 N–H and O–H groups in total. The maximum absolute atomic E-state index is 13.5. The molecule has 0 radical (unpaired) electrons. The summed E-state index contributed by atoms with van der Waals surface area (Å²) in [5, 5.41) is 9.52. The first-order valence-corrected chi connectivity index (χ1v) is 8.00. The fourth-order valence-electron chi connectivity index (χ4n) is 1.51. The molecule has 0 aromatic heterocycles. The summed E-state index contributed by atoms with van der Waals surface area (Å²) in [5.74, 6) is -0.740. The lowest BCUT2D eigenvalue weighted by Crippen LogP contribution is -2.31. The summed E-state index contributed by atoms with van der Waals surface area (Å²) in [6.07, 6.45) is -6.75. The maximum Gasteiger partial charge on any atom is 0.305 e. The van der Waals surface area contributed by atoms with Crippen molar-refractivity contribution in [2.24, 2.45) is 0 Å². The second kappa shape index (κ2) is 6.76. The smallest absolute Gasteiger partial charge is 0.305 e. The summed E-state index contributed by atoms with van der Waals surface area (Å²) in [5.41, 5.74) is 0. The molecule has 112 valence electrons. The van der Waals surface area contributed by atoms with Crippen molar-refractivity contribution in [2.45, 2.75) is 38.7 Å². The molecule has 9 heteroatoms. The Morgan fingerprint density at radius 3 is 2.63 bits per heavy atom. The molecule has 1 aliphatic heterocycles. The van der Waals surface area contributed by atoms with Gasteiger partial charge in [0.25, 0.3) is 0 Å². The lowest BCUT2D eigenvalue weighted by Gasteiger charge is -2.18. The van der Waals surface area contributed by atoms with Crippen LogP contribution >= 0.6 is 7.37 Å². The molecular weight excluding hydrogens is 282 g/mol. The Labute approximate surface area is 110 Å². The highest BCUT2D eigenvalue weighted by atomic mass is 31.2. The van der Waals surface area contributed by atoms with E-state index in [1.807, 2.05) is 0 Å². The second-order valence-corrected chi connectivity index (χ2v) is 6.69. The molecule has 1 rings (SSSR count). The quantitative estimate of drug-likeness (QED) is 0.574. The summed E-state index contributed by atoms with van der Waals surface area (Å²) in [4.78, 5) is 10.7. The van der Waals surface area contributed by atoms with Gasteiger partial charge in [-0.1, -0.05) is 0 Å². The van der Waals surface area contributed by atoms with Gasteiger partial charge >= 0.3 is 5.97 Å². The molecule has 0 saturated carbocycles. The number of hydrogen-bond acceptors (Lipinski definition) is 7. The molecule has 0 aromatic rings. The van der Waals surface area contributed by atoms with Crippen LogP contribution < -0.4 is 0 Å². The van der Waals surface area contributed by atoms with Crippen LogP contribution in [0.25, 0.3) is 0 Å². The zero-order chi connectivity index (χ0) is 14.6. The van der Waals surface area contributed by atoms with Crippen LogP contribution in [-0.2, 0) is 28.1 Å². The van der Waals surface area contributed by atoms with Gasteiger partial charge in [0.1, 0.15) is 12.5 Å². The lowest BCUT2D eigenvalue weighted by molar-refractivity contribution is -0.214. The Balaban J connectivity index is 2.51. The minimum absolute atomic E-state index is 0.243. The SMILES string of the molecule is CCOP(C)(=O)CO[C@H]1O[C@@H](OC(C)=O)C(F)[C@H]1O. The van der Waals surface area contributed by atoms with E-state index in [2.05, 4.69) is 4.74 Å². The molecule has 5 atom stereocenters. The number of aliphatic hydroxyl groups is 1. The Hall–Kier alpha value is -0.530. The molecule has 7 nitrogen and oxygen atoms in total. The van der Waals surface area contributed by atoms with Crippen molar-refractivity contribution in [2.75, 3.05) is 19.6 Å². The number of esters is 1. The fraction of sp³-hybridized carbons (Fsp3) is 0.900. The molecule has 1 aliphatic rings. The van der Waals surface area contributed by atoms with Gasteiger partial charge in [-0.25, -0.2) is 4.39 Å². The van der Waals surface area contributed by atoms with E-state index in [0.29, 0.717) is 0 Å². The fourth-order valence-corrected chi connectivity index (χ4v) is 2.55. The Bertz CT molecular complexity index is 364. The average Bonchev–Trinajstić information content (AvgIpc) is 2.54. The van der Waals surface area contributed by atoms with E-state index in [1.165, 1.54) is 6.66 Å². The number of ether oxygens (including phenoxy) is 3. The van der Waals surface area contributed by atoms with Gasteiger partial charge in [-0.2, -0.15) is 0 Å². The predicted octanol–water partition coefficient (Wildman–Crippen LogP) is 0.849. The van der Waals surface area contributed by atoms with Crippen molar-refractivity contribution < 1.29 is 37.6 Å². The molecule has 1 saturated heterocycles. The molecule has 19 heavy (non-hydrogen) atoms. The van der Waals surface area contributed by atoms with Crippen LogP contribution in [0.1, 0.15) is 13.8 Å². The van der Waals surface area contributed by atoms with Gasteiger partial charge in [-0.05, 0) is 6.92 Å². The zero-order valence-corrected chi connectivity index (χ0v) is 11.8. The number of halogens is 1. The van der Waals surface area contributed by atoms with E-state index < -0.39 is 38.2 Å². The van der Waals surface area contributed by atoms with Gasteiger partial charge in [0.05, 0.1) is 6.61 Å². The van der Waals surface area contributed by atoms with Gasteiger partial charge in [-0.3, -0.25) is 9.36 Å². The number of alkyl halides is 1. The second-order valence-electron chi connectivity index (χ2n) is 4.14. The number of carbonyl (C=O) groups excluding carboxylic acids is 1. The van der Waals surface area contributed by atoms with Crippen LogP contribution in [0.4, 0.5) is 4.39 Å². The zero-order valence-electron chi connectivity index (χ0n) is 10.9. The molecule has 1 heterocycles. The standard InChI is InChI=1S/C10H18FO7P/c1-4-16-19(3,14)5-15-10-8(13)7(11)9(18-10)17-6(2)12/h7-10,13H,4-5H2,1-3H3/t7?,8-,9-,10+,19?/m1/s1. The van der Waals surface area contributed by atoms with Crippen molar-refractivity contribution in [3.63, 3.8) is 0 Å². The lowest BCUT2D eigenvalue weighted by atomic mass is 10.2. The summed E-state index contributed by atoms with van der Waals surface area (Å²) in [6.45, 7) is 4.36. The summed E-state index contributed by atoms with van der Waals surface area (Å²) in [6, 6.07) is 0. The van der Waals surface area contributed by atoms with Gasteiger partial charge in [-0.15, -0.1) is 0 Å². The van der Waals surface area contributed by atoms with Gasteiger partial charge in [0.15, 0.2) is 12.5 Å². The minimum Gasteiger partial charge on any atom is -0.432 e. The van der Waals surface area contributed by atoms with Crippen molar-refractivity contribution in [3.05, 3.63) is 0 Å². The Morgan fingerprint density at radius 2 is 2.11 bits per heavy atom. The Morgan fingerprint density at radius 1 is 1.47 bits per heavy atom. The van der Waals surface area contributed by atoms with E-state index in [9.17, 15) is 18.9 Å². The van der Waals surface area contributed by atoms with E-state index in [-0.39, 0.29) is 13.0 Å². The molecule has 2 unspecified atom stereocenters. The van der Waals surface area contributed by atoms with Crippen LogP contribution in [0.3, 0.4) is 0 Å². The van der Waals surface area contributed by atoms with E-state index in [0.717, 1.165) is 6.92 Å². The number of carbonyl (C=O) groups is 1. The Kier molecular flexibility index (Phi) is 5.88. The van der Waals surface area contributed by atoms with E-state index in [4.69, 9.17) is 14.0 Å². The highest BCUT2D eigenvalue weighted by molar-refractivity contribution is 7.57. The summed E-state index contributed by atoms with van der Waals surface area (Å²) < 4.78 is 44.7. The monoisotopic (exact) mass is 300 g/mol. The third kappa shape index (κ3) is 4.81. The van der Waals surface area contributed by atoms with Crippen LogP contribution in [0.5, 0.6) is 0 Å². The molecule has 1 fully saturated rings. The van der Waals surface area contributed by atoms with Crippen LogP contribution in [0, 0.1) is 0 Å². The molecule has 0 spiro atoms. The number of rotatable bonds is 6. The highest BCUT2D eigenvalue weighted by Gasteiger charge is 2.47. The van der Waals surface area contributed by atoms with Crippen LogP contribution in [-0.4, -0.2) is 55.6 Å². The first-order chi connectivity index (χ1) is 8.76. The van der Waals surface area contributed by atoms with Crippen molar-refractivity contribution >= 4 is 13.3 Å². The molecule has 0 aromatic carbocycles. The van der Waals surface area contributed by atoms with Crippen LogP contribution in [0.2, 0.25) is 0 Å². The third-order valence-corrected chi connectivity index (χ3v) is 3.71. The van der Waals surface area contributed by atoms with Gasteiger partial charge < -0.3 is 23.8 Å². The van der Waals surface area contributed by atoms with E-state index >= 15 is 0 Å². The third-order valence-electron chi connectivity index (χ3n) is 2.29. The van der Waals surface area contributed by atoms with E-state index in [1.54, 1.807) is 6.92 Å². The molecular formula is C10H18FO7P. The first kappa shape index (κ1) is 16.5. The van der Waals surface area contributed by atoms with Crippen molar-refractivity contribution in [1.29, 1.82) is 0 Å². The average molecular weight is 300 g/mol. The topological polar surface area (TPSA) is 91.3 Å². The highest BCUT2D eigenvalue weighted by Crippen LogP contribution is 2.43. The largest absolute Gasteiger partial charge is 0.432 e. The molecule has 0 bridgehead atoms. The molecule has 0 amide bonds. The normalized spacial score (nSPS) is 33.9. The van der Waals surface area contributed by atoms with Gasteiger partial charge in [0.2, 0.25) is 13.7 Å². The van der Waals surface area contributed by atoms with Crippen molar-refractivity contribution in [1.82, 2.24) is 0 Å².